The van der Waals surface area contributed by atoms with Crippen LogP contribution in [0.3, 0.4) is 0 Å². The Labute approximate surface area is 278 Å². The van der Waals surface area contributed by atoms with E-state index in [-0.39, 0.29) is 18.5 Å². The smallest absolute Gasteiger partial charge is 0.433 e. The molecule has 9 nitrogen and oxygen atoms in total. The third-order valence-corrected chi connectivity index (χ3v) is 9.24. The van der Waals surface area contributed by atoms with Gasteiger partial charge in [-0.15, -0.1) is 10.2 Å². The molecule has 1 unspecified atom stereocenters. The van der Waals surface area contributed by atoms with E-state index in [9.17, 15) is 4.79 Å². The average molecular weight is 661 g/mol. The maximum Gasteiger partial charge on any atom is 0.513 e. The van der Waals surface area contributed by atoms with Crippen LogP contribution in [0, 0.1) is 0 Å². The zero-order chi connectivity index (χ0) is 32.0. The van der Waals surface area contributed by atoms with Crippen molar-refractivity contribution in [3.63, 3.8) is 0 Å². The molecule has 1 atom stereocenters. The highest BCUT2D eigenvalue weighted by atomic mass is 35.5. The van der Waals surface area contributed by atoms with Gasteiger partial charge in [-0.3, -0.25) is 9.80 Å². The first-order valence-corrected chi connectivity index (χ1v) is 16.0. The number of nitrogens with zero attached hydrogens (tertiary/aromatic N) is 4. The number of allylic oxidation sites excluding steroid dienone is 3. The fraction of sp³-hybridized carbons (Fsp3) is 0.286. The number of carbonyl (C=O) groups excluding carboxylic acids is 1. The largest absolute Gasteiger partial charge is 0.513 e. The second kappa shape index (κ2) is 14.5. The summed E-state index contributed by atoms with van der Waals surface area (Å²) in [7, 11) is 0. The van der Waals surface area contributed by atoms with Crippen LogP contribution < -0.4 is 5.32 Å². The Bertz CT molecular complexity index is 1670. The van der Waals surface area contributed by atoms with Gasteiger partial charge in [0.15, 0.2) is 0 Å². The summed E-state index contributed by atoms with van der Waals surface area (Å²) >= 11 is 13.1. The molecule has 2 aliphatic rings. The average Bonchev–Trinajstić information content (AvgIpc) is 3.60. The number of ether oxygens (including phenoxy) is 2. The lowest BCUT2D eigenvalue weighted by atomic mass is 9.85. The lowest BCUT2D eigenvalue weighted by Gasteiger charge is -2.39. The summed E-state index contributed by atoms with van der Waals surface area (Å²) in [4.78, 5) is 17.9. The number of rotatable bonds is 9. The van der Waals surface area contributed by atoms with Gasteiger partial charge in [-0.05, 0) is 36.6 Å². The molecule has 3 heterocycles. The fourth-order valence-electron chi connectivity index (χ4n) is 6.23. The van der Waals surface area contributed by atoms with Gasteiger partial charge in [0.05, 0.1) is 33.3 Å². The molecule has 0 radical (unpaired) electrons. The normalized spacial score (nSPS) is 17.7. The predicted octanol–water partition coefficient (Wildman–Crippen LogP) is 7.29. The highest BCUT2D eigenvalue weighted by molar-refractivity contribution is 6.42. The zero-order valence-electron chi connectivity index (χ0n) is 25.7. The molecule has 2 aliphatic heterocycles. The first kappa shape index (κ1) is 31.8. The predicted molar refractivity (Wildman–Crippen MR) is 177 cm³/mol. The third-order valence-electron chi connectivity index (χ3n) is 8.41. The quantitative estimate of drug-likeness (QED) is 0.186. The molecule has 4 aromatic rings. The molecule has 0 amide bonds. The Kier molecular flexibility index (Phi) is 10.0. The van der Waals surface area contributed by atoms with Crippen molar-refractivity contribution in [1.29, 1.82) is 0 Å². The second-order valence-corrected chi connectivity index (χ2v) is 12.1. The minimum absolute atomic E-state index is 0.187. The van der Waals surface area contributed by atoms with Crippen molar-refractivity contribution in [3.05, 3.63) is 135 Å². The highest BCUT2D eigenvalue weighted by Gasteiger charge is 2.37. The molecule has 0 bridgehead atoms. The van der Waals surface area contributed by atoms with Crippen molar-refractivity contribution in [2.24, 2.45) is 0 Å². The Hall–Kier alpha value is -4.15. The summed E-state index contributed by atoms with van der Waals surface area (Å²) in [6, 6.07) is 26.7. The zero-order valence-corrected chi connectivity index (χ0v) is 27.2. The molecule has 3 aromatic carbocycles. The standard InChI is InChI=1S/C35H35Cl2N5O4/c1-23-29(34-40-38-22-45-34)30(27-14-9-15-28(36)31(27)37)33(24(2)39-23)46-35(43)44-21-20-41-16-18-42(19-17-41)32(25-10-5-3-6-11-25)26-12-7-4-8-13-26/h3-15,22,30,32,39H,16-21H2,1-2H3. The number of halogens is 2. The fourth-order valence-corrected chi connectivity index (χ4v) is 6.65. The van der Waals surface area contributed by atoms with Gasteiger partial charge >= 0.3 is 6.16 Å². The van der Waals surface area contributed by atoms with Crippen LogP contribution in [0.2, 0.25) is 10.0 Å². The van der Waals surface area contributed by atoms with Crippen LogP contribution >= 0.6 is 23.2 Å². The van der Waals surface area contributed by atoms with Crippen LogP contribution in [0.5, 0.6) is 0 Å². The monoisotopic (exact) mass is 659 g/mol. The number of benzene rings is 3. The minimum Gasteiger partial charge on any atom is -0.433 e. The van der Waals surface area contributed by atoms with E-state index in [2.05, 4.69) is 73.8 Å². The molecule has 1 fully saturated rings. The van der Waals surface area contributed by atoms with E-state index in [1.165, 1.54) is 17.5 Å². The first-order chi connectivity index (χ1) is 22.4. The molecule has 0 spiro atoms. The number of aromatic nitrogens is 2. The number of carbonyl (C=O) groups is 1. The number of nitrogens with one attached hydrogen (secondary N) is 1. The van der Waals surface area contributed by atoms with Gasteiger partial charge < -0.3 is 19.2 Å². The van der Waals surface area contributed by atoms with Gasteiger partial charge in [0.25, 0.3) is 0 Å². The van der Waals surface area contributed by atoms with E-state index in [0.717, 1.165) is 31.9 Å². The van der Waals surface area contributed by atoms with E-state index >= 15 is 0 Å². The van der Waals surface area contributed by atoms with E-state index < -0.39 is 12.1 Å². The molecule has 0 aliphatic carbocycles. The summed E-state index contributed by atoms with van der Waals surface area (Å²) in [6.45, 7) is 7.98. The summed E-state index contributed by atoms with van der Waals surface area (Å²) < 4.78 is 17.0. The van der Waals surface area contributed by atoms with Crippen LogP contribution in [0.25, 0.3) is 5.57 Å². The van der Waals surface area contributed by atoms with Gasteiger partial charge in [-0.2, -0.15) is 0 Å². The maximum atomic E-state index is 13.1. The van der Waals surface area contributed by atoms with Crippen molar-refractivity contribution in [2.75, 3.05) is 39.3 Å². The Morgan fingerprint density at radius 1 is 0.935 bits per heavy atom. The van der Waals surface area contributed by atoms with Crippen molar-refractivity contribution in [2.45, 2.75) is 25.8 Å². The van der Waals surface area contributed by atoms with Gasteiger partial charge in [-0.25, -0.2) is 4.79 Å². The maximum absolute atomic E-state index is 13.1. The number of dihydropyridines is 1. The van der Waals surface area contributed by atoms with E-state index in [4.69, 9.17) is 37.1 Å². The van der Waals surface area contributed by atoms with Crippen LogP contribution in [0.15, 0.2) is 107 Å². The van der Waals surface area contributed by atoms with E-state index in [1.807, 2.05) is 32.0 Å². The molecule has 11 heteroatoms. The lowest BCUT2D eigenvalue weighted by molar-refractivity contribution is 0.0519. The Morgan fingerprint density at radius 2 is 1.61 bits per heavy atom. The molecular weight excluding hydrogens is 625 g/mol. The van der Waals surface area contributed by atoms with Gasteiger partial charge in [0.2, 0.25) is 12.3 Å². The topological polar surface area (TPSA) is 93.0 Å². The number of hydrogen-bond acceptors (Lipinski definition) is 9. The molecule has 1 saturated heterocycles. The highest BCUT2D eigenvalue weighted by Crippen LogP contribution is 2.46. The lowest BCUT2D eigenvalue weighted by Crippen LogP contribution is -2.48. The minimum atomic E-state index is -0.810. The Morgan fingerprint density at radius 3 is 2.24 bits per heavy atom. The van der Waals surface area contributed by atoms with Crippen molar-refractivity contribution in [1.82, 2.24) is 25.3 Å². The van der Waals surface area contributed by atoms with Crippen LogP contribution in [0.1, 0.15) is 48.4 Å². The van der Waals surface area contributed by atoms with Crippen molar-refractivity contribution < 1.29 is 18.7 Å². The molecule has 6 rings (SSSR count). The van der Waals surface area contributed by atoms with Gasteiger partial charge in [0, 0.05) is 38.4 Å². The molecule has 46 heavy (non-hydrogen) atoms. The van der Waals surface area contributed by atoms with Crippen LogP contribution in [-0.4, -0.2) is 65.5 Å². The van der Waals surface area contributed by atoms with Crippen LogP contribution in [-0.2, 0) is 9.47 Å². The molecular formula is C35H35Cl2N5O4. The SMILES string of the molecule is CC1=C(OC(=O)OCCN2CCN(C(c3ccccc3)c3ccccc3)CC2)C(c2cccc(Cl)c2Cl)C(c2nnco2)=C(C)N1. The second-order valence-electron chi connectivity index (χ2n) is 11.3. The molecule has 238 valence electrons. The van der Waals surface area contributed by atoms with E-state index in [0.29, 0.717) is 39.2 Å². The van der Waals surface area contributed by atoms with Gasteiger partial charge in [-0.1, -0.05) is 96.0 Å². The first-order valence-electron chi connectivity index (χ1n) is 15.2. The molecule has 1 N–H and O–H groups in total. The summed E-state index contributed by atoms with van der Waals surface area (Å²) in [5, 5.41) is 11.9. The number of piperazine rings is 1. The summed E-state index contributed by atoms with van der Waals surface area (Å²) in [5.41, 5.74) is 5.19. The van der Waals surface area contributed by atoms with E-state index in [1.54, 1.807) is 12.1 Å². The molecule has 1 aromatic heterocycles. The van der Waals surface area contributed by atoms with Crippen molar-refractivity contribution in [3.8, 4) is 0 Å². The Balaban J connectivity index is 1.09. The van der Waals surface area contributed by atoms with Crippen LogP contribution in [0.4, 0.5) is 4.79 Å². The van der Waals surface area contributed by atoms with Gasteiger partial charge in [0.1, 0.15) is 12.4 Å². The summed E-state index contributed by atoms with van der Waals surface area (Å²) in [6.07, 6.45) is 0.436. The number of hydrogen-bond donors (Lipinski definition) is 1. The summed E-state index contributed by atoms with van der Waals surface area (Å²) in [5.74, 6) is -0.0564. The van der Waals surface area contributed by atoms with Crippen molar-refractivity contribution >= 4 is 34.9 Å². The third kappa shape index (κ3) is 6.98. The molecule has 0 saturated carbocycles.